The third kappa shape index (κ3) is 3.23. The van der Waals surface area contributed by atoms with Crippen LogP contribution in [0.5, 0.6) is 0 Å². The summed E-state index contributed by atoms with van der Waals surface area (Å²) in [6, 6.07) is 0. The van der Waals surface area contributed by atoms with Gasteiger partial charge in [-0.15, -0.1) is 10.2 Å². The standard InChI is InChI=1S/C9H18N4S/c1-4-6-13(7-5-10-3)9-12-11-8(2)14-9/h10H,4-7H2,1-3H3. The summed E-state index contributed by atoms with van der Waals surface area (Å²) in [7, 11) is 1.97. The molecule has 0 radical (unpaired) electrons. The molecule has 4 nitrogen and oxygen atoms in total. The van der Waals surface area contributed by atoms with E-state index in [1.807, 2.05) is 14.0 Å². The van der Waals surface area contributed by atoms with Crippen molar-refractivity contribution in [3.8, 4) is 0 Å². The normalized spacial score (nSPS) is 10.5. The minimum Gasteiger partial charge on any atom is -0.345 e. The van der Waals surface area contributed by atoms with E-state index in [9.17, 15) is 0 Å². The van der Waals surface area contributed by atoms with E-state index in [1.165, 1.54) is 0 Å². The molecule has 0 fully saturated rings. The second-order valence-corrected chi connectivity index (χ2v) is 4.35. The molecular formula is C9H18N4S. The van der Waals surface area contributed by atoms with E-state index in [1.54, 1.807) is 11.3 Å². The van der Waals surface area contributed by atoms with Crippen LogP contribution in [-0.2, 0) is 0 Å². The van der Waals surface area contributed by atoms with Gasteiger partial charge in [0, 0.05) is 19.6 Å². The van der Waals surface area contributed by atoms with Crippen LogP contribution < -0.4 is 10.2 Å². The van der Waals surface area contributed by atoms with Crippen molar-refractivity contribution >= 4 is 16.5 Å². The highest BCUT2D eigenvalue weighted by molar-refractivity contribution is 7.15. The summed E-state index contributed by atoms with van der Waals surface area (Å²) in [5, 5.41) is 13.4. The van der Waals surface area contributed by atoms with Crippen molar-refractivity contribution < 1.29 is 0 Å². The quantitative estimate of drug-likeness (QED) is 0.774. The fraction of sp³-hybridized carbons (Fsp3) is 0.778. The molecule has 0 amide bonds. The van der Waals surface area contributed by atoms with Crippen LogP contribution in [0.15, 0.2) is 0 Å². The largest absolute Gasteiger partial charge is 0.345 e. The molecule has 0 saturated heterocycles. The molecule has 1 rings (SSSR count). The summed E-state index contributed by atoms with van der Waals surface area (Å²) in [4.78, 5) is 2.28. The summed E-state index contributed by atoms with van der Waals surface area (Å²) in [5.41, 5.74) is 0. The topological polar surface area (TPSA) is 41.0 Å². The summed E-state index contributed by atoms with van der Waals surface area (Å²) in [6.45, 7) is 7.21. The molecule has 0 aromatic carbocycles. The van der Waals surface area contributed by atoms with Crippen LogP contribution in [0.1, 0.15) is 18.4 Å². The van der Waals surface area contributed by atoms with Gasteiger partial charge in [0.05, 0.1) is 0 Å². The molecule has 0 spiro atoms. The Morgan fingerprint density at radius 1 is 1.36 bits per heavy atom. The number of hydrogen-bond donors (Lipinski definition) is 1. The summed E-state index contributed by atoms with van der Waals surface area (Å²) in [6.07, 6.45) is 1.14. The van der Waals surface area contributed by atoms with Crippen LogP contribution in [0.2, 0.25) is 0 Å². The Balaban J connectivity index is 2.57. The fourth-order valence-corrected chi connectivity index (χ4v) is 1.97. The molecule has 0 aliphatic carbocycles. The number of likely N-dealkylation sites (N-methyl/N-ethyl adjacent to an activating group) is 1. The molecule has 1 aromatic heterocycles. The van der Waals surface area contributed by atoms with Crippen molar-refractivity contribution in [1.29, 1.82) is 0 Å². The Morgan fingerprint density at radius 3 is 2.64 bits per heavy atom. The van der Waals surface area contributed by atoms with Crippen LogP contribution in [-0.4, -0.2) is 36.9 Å². The van der Waals surface area contributed by atoms with Gasteiger partial charge >= 0.3 is 0 Å². The summed E-state index contributed by atoms with van der Waals surface area (Å²) >= 11 is 1.66. The van der Waals surface area contributed by atoms with Gasteiger partial charge in [0.1, 0.15) is 5.01 Å². The molecule has 0 atom stereocenters. The number of hydrogen-bond acceptors (Lipinski definition) is 5. The first-order valence-electron chi connectivity index (χ1n) is 4.97. The lowest BCUT2D eigenvalue weighted by molar-refractivity contribution is 0.704. The maximum absolute atomic E-state index is 4.15. The molecule has 0 aliphatic heterocycles. The third-order valence-corrected chi connectivity index (χ3v) is 2.81. The molecule has 14 heavy (non-hydrogen) atoms. The Hall–Kier alpha value is -0.680. The second-order valence-electron chi connectivity index (χ2n) is 3.19. The number of nitrogens with zero attached hydrogens (tertiary/aromatic N) is 3. The minimum atomic E-state index is 0.985. The number of aromatic nitrogens is 2. The molecule has 0 bridgehead atoms. The van der Waals surface area contributed by atoms with Gasteiger partial charge in [-0.25, -0.2) is 0 Å². The average molecular weight is 214 g/mol. The second kappa shape index (κ2) is 5.93. The molecule has 1 heterocycles. The molecule has 5 heteroatoms. The monoisotopic (exact) mass is 214 g/mol. The van der Waals surface area contributed by atoms with Gasteiger partial charge in [-0.05, 0) is 20.4 Å². The number of anilines is 1. The number of rotatable bonds is 6. The lowest BCUT2D eigenvalue weighted by atomic mass is 10.4. The summed E-state index contributed by atoms with van der Waals surface area (Å²) < 4.78 is 0. The van der Waals surface area contributed by atoms with Crippen molar-refractivity contribution in [2.75, 3.05) is 31.6 Å². The maximum Gasteiger partial charge on any atom is 0.208 e. The molecule has 1 N–H and O–H groups in total. The zero-order valence-corrected chi connectivity index (χ0v) is 9.89. The minimum absolute atomic E-state index is 0.985. The Bertz CT molecular complexity index is 261. The molecule has 0 saturated carbocycles. The van der Waals surface area contributed by atoms with Gasteiger partial charge in [-0.3, -0.25) is 0 Å². The van der Waals surface area contributed by atoms with Crippen molar-refractivity contribution in [3.63, 3.8) is 0 Å². The lowest BCUT2D eigenvalue weighted by Crippen LogP contribution is -2.31. The Morgan fingerprint density at radius 2 is 2.14 bits per heavy atom. The van der Waals surface area contributed by atoms with Crippen LogP contribution in [0.4, 0.5) is 5.13 Å². The molecule has 0 unspecified atom stereocenters. The van der Waals surface area contributed by atoms with Crippen LogP contribution in [0.3, 0.4) is 0 Å². The van der Waals surface area contributed by atoms with Crippen LogP contribution >= 0.6 is 11.3 Å². The molecule has 80 valence electrons. The van der Waals surface area contributed by atoms with E-state index in [0.29, 0.717) is 0 Å². The zero-order valence-electron chi connectivity index (χ0n) is 9.08. The average Bonchev–Trinajstić information content (AvgIpc) is 2.59. The van der Waals surface area contributed by atoms with Gasteiger partial charge in [0.25, 0.3) is 0 Å². The van der Waals surface area contributed by atoms with Crippen molar-refractivity contribution in [2.24, 2.45) is 0 Å². The van der Waals surface area contributed by atoms with Gasteiger partial charge in [0.15, 0.2) is 0 Å². The van der Waals surface area contributed by atoms with Gasteiger partial charge in [-0.2, -0.15) is 0 Å². The Kier molecular flexibility index (Phi) is 4.82. The van der Waals surface area contributed by atoms with Crippen molar-refractivity contribution in [3.05, 3.63) is 5.01 Å². The zero-order chi connectivity index (χ0) is 10.4. The predicted octanol–water partition coefficient (Wildman–Crippen LogP) is 1.28. The number of nitrogens with one attached hydrogen (secondary N) is 1. The van der Waals surface area contributed by atoms with E-state index in [4.69, 9.17) is 0 Å². The molecule has 1 aromatic rings. The predicted molar refractivity (Wildman–Crippen MR) is 61.1 cm³/mol. The Labute approximate surface area is 89.3 Å². The third-order valence-electron chi connectivity index (χ3n) is 1.91. The number of aryl methyl sites for hydroxylation is 1. The first-order chi connectivity index (χ1) is 6.77. The van der Waals surface area contributed by atoms with Crippen molar-refractivity contribution in [2.45, 2.75) is 20.3 Å². The highest BCUT2D eigenvalue weighted by Gasteiger charge is 2.09. The highest BCUT2D eigenvalue weighted by atomic mass is 32.1. The summed E-state index contributed by atoms with van der Waals surface area (Å²) in [5.74, 6) is 0. The van der Waals surface area contributed by atoms with Gasteiger partial charge in [-0.1, -0.05) is 18.3 Å². The van der Waals surface area contributed by atoms with E-state index in [2.05, 4.69) is 27.3 Å². The SMILES string of the molecule is CCCN(CCNC)c1nnc(C)s1. The van der Waals surface area contributed by atoms with E-state index in [-0.39, 0.29) is 0 Å². The van der Waals surface area contributed by atoms with E-state index < -0.39 is 0 Å². The van der Waals surface area contributed by atoms with E-state index >= 15 is 0 Å². The van der Waals surface area contributed by atoms with Gasteiger partial charge in [0.2, 0.25) is 5.13 Å². The highest BCUT2D eigenvalue weighted by Crippen LogP contribution is 2.18. The molecular weight excluding hydrogens is 196 g/mol. The van der Waals surface area contributed by atoms with Crippen LogP contribution in [0.25, 0.3) is 0 Å². The van der Waals surface area contributed by atoms with Crippen molar-refractivity contribution in [1.82, 2.24) is 15.5 Å². The van der Waals surface area contributed by atoms with Crippen LogP contribution in [0, 0.1) is 6.92 Å². The smallest absolute Gasteiger partial charge is 0.208 e. The first-order valence-corrected chi connectivity index (χ1v) is 5.79. The van der Waals surface area contributed by atoms with E-state index in [0.717, 1.165) is 36.2 Å². The first kappa shape index (κ1) is 11.4. The van der Waals surface area contributed by atoms with Gasteiger partial charge < -0.3 is 10.2 Å². The molecule has 0 aliphatic rings. The fourth-order valence-electron chi connectivity index (χ4n) is 1.23. The maximum atomic E-state index is 4.15. The lowest BCUT2D eigenvalue weighted by Gasteiger charge is -2.19.